The number of anilines is 1. The van der Waals surface area contributed by atoms with Gasteiger partial charge in [0, 0.05) is 44.4 Å². The molecule has 4 rings (SSSR count). The Bertz CT molecular complexity index is 1270. The fourth-order valence-corrected chi connectivity index (χ4v) is 3.59. The van der Waals surface area contributed by atoms with E-state index in [-0.39, 0.29) is 19.1 Å². The first-order valence-corrected chi connectivity index (χ1v) is 10.1. The van der Waals surface area contributed by atoms with E-state index in [0.29, 0.717) is 35.8 Å². The largest absolute Gasteiger partial charge is 0.382 e. The third-order valence-corrected chi connectivity index (χ3v) is 5.10. The van der Waals surface area contributed by atoms with Gasteiger partial charge in [0.25, 0.3) is 0 Å². The van der Waals surface area contributed by atoms with E-state index < -0.39 is 5.82 Å². The van der Waals surface area contributed by atoms with Crippen LogP contribution in [0.15, 0.2) is 30.6 Å². The van der Waals surface area contributed by atoms with Gasteiger partial charge in [0.1, 0.15) is 23.6 Å². The number of ether oxygens (including phenoxy) is 2. The van der Waals surface area contributed by atoms with Gasteiger partial charge in [0.05, 0.1) is 25.1 Å². The number of amides is 1. The van der Waals surface area contributed by atoms with Crippen molar-refractivity contribution in [2.75, 3.05) is 39.3 Å². The Kier molecular flexibility index (Phi) is 6.33. The van der Waals surface area contributed by atoms with Gasteiger partial charge >= 0.3 is 0 Å². The van der Waals surface area contributed by atoms with Crippen molar-refractivity contribution in [2.24, 2.45) is 7.05 Å². The Morgan fingerprint density at radius 1 is 1.25 bits per heavy atom. The summed E-state index contributed by atoms with van der Waals surface area (Å²) in [5, 5.41) is 6.70. The highest BCUT2D eigenvalue weighted by atomic mass is 19.1. The van der Waals surface area contributed by atoms with Crippen LogP contribution in [0.3, 0.4) is 0 Å². The fourth-order valence-electron chi connectivity index (χ4n) is 3.59. The maximum absolute atomic E-state index is 14.4. The van der Waals surface area contributed by atoms with E-state index in [4.69, 9.17) is 9.47 Å². The van der Waals surface area contributed by atoms with Gasteiger partial charge < -0.3 is 29.7 Å². The molecule has 1 aromatic carbocycles. The van der Waals surface area contributed by atoms with E-state index in [1.165, 1.54) is 12.1 Å². The number of hydrogen-bond donors (Lipinski definition) is 3. The number of imidazole rings is 1. The standard InChI is InChI=1S/C22H25FN6O3/c1-24-22-19-20(29(2)12-26-19)16-9-17(27-21(16)28-22)14-6-13(7-15(23)8-14)10-25-18(30)11-32-5-4-31-3/h6-9,12H,4-5,10-11H2,1-3H3,(H,25,30)(H2,24,27,28). The normalized spacial score (nSPS) is 11.4. The minimum Gasteiger partial charge on any atom is -0.382 e. The highest BCUT2D eigenvalue weighted by molar-refractivity contribution is 6.07. The van der Waals surface area contributed by atoms with Gasteiger partial charge in [-0.05, 0) is 29.8 Å². The smallest absolute Gasteiger partial charge is 0.246 e. The molecular weight excluding hydrogens is 415 g/mol. The molecule has 0 bridgehead atoms. The first-order chi connectivity index (χ1) is 15.5. The van der Waals surface area contributed by atoms with Crippen molar-refractivity contribution in [1.82, 2.24) is 24.8 Å². The summed E-state index contributed by atoms with van der Waals surface area (Å²) in [6, 6.07) is 6.62. The van der Waals surface area contributed by atoms with Crippen molar-refractivity contribution in [3.05, 3.63) is 42.0 Å². The van der Waals surface area contributed by atoms with E-state index in [2.05, 4.69) is 25.6 Å². The zero-order chi connectivity index (χ0) is 22.7. The summed E-state index contributed by atoms with van der Waals surface area (Å²) in [4.78, 5) is 24.2. The van der Waals surface area contributed by atoms with E-state index in [0.717, 1.165) is 22.1 Å². The molecule has 0 unspecified atom stereocenters. The number of aromatic amines is 1. The number of carbonyl (C=O) groups is 1. The van der Waals surface area contributed by atoms with Gasteiger partial charge in [0.2, 0.25) is 5.91 Å². The van der Waals surface area contributed by atoms with Crippen LogP contribution in [0.5, 0.6) is 0 Å². The molecule has 3 aromatic heterocycles. The molecule has 9 nitrogen and oxygen atoms in total. The molecule has 1 amide bonds. The number of nitrogens with zero attached hydrogens (tertiary/aromatic N) is 3. The molecule has 32 heavy (non-hydrogen) atoms. The SMILES string of the molecule is CNc1nc2[nH]c(-c3cc(F)cc(CNC(=O)COCCOC)c3)cc2c2c1ncn2C. The maximum Gasteiger partial charge on any atom is 0.246 e. The molecule has 0 fully saturated rings. The lowest BCUT2D eigenvalue weighted by Crippen LogP contribution is -2.27. The van der Waals surface area contributed by atoms with Gasteiger partial charge in [-0.2, -0.15) is 0 Å². The Labute approximate surface area is 183 Å². The van der Waals surface area contributed by atoms with Crippen LogP contribution < -0.4 is 10.6 Å². The summed E-state index contributed by atoms with van der Waals surface area (Å²) in [6.45, 7) is 0.863. The number of fused-ring (bicyclic) bond motifs is 3. The second-order valence-electron chi connectivity index (χ2n) is 7.38. The Balaban J connectivity index is 1.59. The van der Waals surface area contributed by atoms with Crippen molar-refractivity contribution in [1.29, 1.82) is 0 Å². The van der Waals surface area contributed by atoms with Gasteiger partial charge in [0.15, 0.2) is 5.82 Å². The highest BCUT2D eigenvalue weighted by Crippen LogP contribution is 2.32. The summed E-state index contributed by atoms with van der Waals surface area (Å²) in [7, 11) is 5.28. The first-order valence-electron chi connectivity index (χ1n) is 10.1. The fraction of sp³-hybridized carbons (Fsp3) is 0.318. The number of aryl methyl sites for hydroxylation is 1. The van der Waals surface area contributed by atoms with E-state index in [1.54, 1.807) is 20.5 Å². The molecule has 0 saturated carbocycles. The minimum atomic E-state index is -0.392. The van der Waals surface area contributed by atoms with Crippen LogP contribution in [0.1, 0.15) is 5.56 Å². The average molecular weight is 440 g/mol. The predicted octanol–water partition coefficient (Wildman–Crippen LogP) is 2.58. The van der Waals surface area contributed by atoms with Crippen LogP contribution in [0.2, 0.25) is 0 Å². The van der Waals surface area contributed by atoms with Crippen LogP contribution in [-0.4, -0.2) is 59.4 Å². The summed E-state index contributed by atoms with van der Waals surface area (Å²) >= 11 is 0. The quantitative estimate of drug-likeness (QED) is 0.346. The maximum atomic E-state index is 14.4. The lowest BCUT2D eigenvalue weighted by atomic mass is 10.1. The molecule has 0 spiro atoms. The Morgan fingerprint density at radius 3 is 2.88 bits per heavy atom. The monoisotopic (exact) mass is 440 g/mol. The molecule has 0 aliphatic rings. The molecular formula is C22H25FN6O3. The van der Waals surface area contributed by atoms with Crippen LogP contribution >= 0.6 is 0 Å². The number of rotatable bonds is 9. The molecule has 0 aliphatic carbocycles. The summed E-state index contributed by atoms with van der Waals surface area (Å²) in [5.74, 6) is -0.00640. The number of hydrogen-bond acceptors (Lipinski definition) is 6. The number of carbonyl (C=O) groups excluding carboxylic acids is 1. The van der Waals surface area contributed by atoms with Crippen molar-refractivity contribution in [3.63, 3.8) is 0 Å². The number of nitrogens with one attached hydrogen (secondary N) is 3. The summed E-state index contributed by atoms with van der Waals surface area (Å²) in [5.41, 5.74) is 4.39. The van der Waals surface area contributed by atoms with Crippen molar-refractivity contribution in [2.45, 2.75) is 6.54 Å². The molecule has 3 heterocycles. The second-order valence-corrected chi connectivity index (χ2v) is 7.38. The van der Waals surface area contributed by atoms with E-state index in [9.17, 15) is 9.18 Å². The zero-order valence-corrected chi connectivity index (χ0v) is 18.2. The van der Waals surface area contributed by atoms with Gasteiger partial charge in [-0.15, -0.1) is 0 Å². The molecule has 0 radical (unpaired) electrons. The van der Waals surface area contributed by atoms with Crippen LogP contribution in [0, 0.1) is 5.82 Å². The second kappa shape index (κ2) is 9.33. The van der Waals surface area contributed by atoms with E-state index in [1.807, 2.05) is 23.7 Å². The Hall–Kier alpha value is -3.50. The van der Waals surface area contributed by atoms with Gasteiger partial charge in [-0.1, -0.05) is 0 Å². The molecule has 168 valence electrons. The lowest BCUT2D eigenvalue weighted by molar-refractivity contribution is -0.126. The third-order valence-electron chi connectivity index (χ3n) is 5.10. The minimum absolute atomic E-state index is 0.0757. The first kappa shape index (κ1) is 21.7. The molecule has 0 atom stereocenters. The number of halogens is 1. The molecule has 10 heteroatoms. The topological polar surface area (TPSA) is 106 Å². The van der Waals surface area contributed by atoms with E-state index >= 15 is 0 Å². The van der Waals surface area contributed by atoms with Crippen molar-refractivity contribution >= 4 is 33.8 Å². The van der Waals surface area contributed by atoms with Gasteiger partial charge in [-0.3, -0.25) is 4.79 Å². The average Bonchev–Trinajstić information content (AvgIpc) is 3.38. The van der Waals surface area contributed by atoms with Crippen LogP contribution in [-0.2, 0) is 27.9 Å². The summed E-state index contributed by atoms with van der Waals surface area (Å²) in [6.07, 6.45) is 1.74. The van der Waals surface area contributed by atoms with Crippen molar-refractivity contribution < 1.29 is 18.7 Å². The number of pyridine rings is 1. The number of aromatic nitrogens is 4. The highest BCUT2D eigenvalue weighted by Gasteiger charge is 2.16. The Morgan fingerprint density at radius 2 is 2.09 bits per heavy atom. The van der Waals surface area contributed by atoms with Crippen LogP contribution in [0.25, 0.3) is 33.3 Å². The lowest BCUT2D eigenvalue weighted by Gasteiger charge is -2.08. The molecule has 0 aliphatic heterocycles. The molecule has 3 N–H and O–H groups in total. The summed E-state index contributed by atoms with van der Waals surface area (Å²) < 4.78 is 26.4. The number of methoxy groups -OCH3 is 1. The van der Waals surface area contributed by atoms with Crippen LogP contribution in [0.4, 0.5) is 10.2 Å². The van der Waals surface area contributed by atoms with Gasteiger partial charge in [-0.25, -0.2) is 14.4 Å². The predicted molar refractivity (Wildman–Crippen MR) is 120 cm³/mol. The van der Waals surface area contributed by atoms with Crippen molar-refractivity contribution in [3.8, 4) is 11.3 Å². The number of benzene rings is 1. The third kappa shape index (κ3) is 4.41. The number of H-pyrrole nitrogens is 1. The molecule has 4 aromatic rings. The molecule has 0 saturated heterocycles. The zero-order valence-electron chi connectivity index (χ0n) is 18.2.